The molecule has 1 atom stereocenters. The van der Waals surface area contributed by atoms with E-state index in [2.05, 4.69) is 5.32 Å². The first kappa shape index (κ1) is 21.5. The molecule has 0 radical (unpaired) electrons. The van der Waals surface area contributed by atoms with Gasteiger partial charge in [0.1, 0.15) is 6.04 Å². The standard InChI is InChI=1S/C19H22Cl2N2O3S/c1-5-18(19(24)22-17-8-6-7-12(2)13(17)3)23(27(4,25)26)14-9-10-15(20)16(21)11-14/h6-11,18H,5H2,1-4H3,(H,22,24)/t18-/m0/s1. The summed E-state index contributed by atoms with van der Waals surface area (Å²) in [6.07, 6.45) is 1.34. The molecule has 0 aliphatic carbocycles. The van der Waals surface area contributed by atoms with Crippen molar-refractivity contribution in [1.82, 2.24) is 0 Å². The van der Waals surface area contributed by atoms with Gasteiger partial charge in [-0.05, 0) is 55.7 Å². The maximum absolute atomic E-state index is 12.9. The van der Waals surface area contributed by atoms with Crippen molar-refractivity contribution in [3.8, 4) is 0 Å². The van der Waals surface area contributed by atoms with Gasteiger partial charge in [-0.15, -0.1) is 0 Å². The van der Waals surface area contributed by atoms with Crippen molar-refractivity contribution in [3.63, 3.8) is 0 Å². The summed E-state index contributed by atoms with van der Waals surface area (Å²) in [6.45, 7) is 5.60. The highest BCUT2D eigenvalue weighted by molar-refractivity contribution is 7.92. The van der Waals surface area contributed by atoms with Gasteiger partial charge in [0.15, 0.2) is 0 Å². The topological polar surface area (TPSA) is 66.5 Å². The second kappa shape index (κ2) is 8.50. The molecular weight excluding hydrogens is 407 g/mol. The Morgan fingerprint density at radius 2 is 1.81 bits per heavy atom. The van der Waals surface area contributed by atoms with Gasteiger partial charge in [0.25, 0.3) is 0 Å². The minimum atomic E-state index is -3.74. The molecule has 8 heteroatoms. The molecule has 5 nitrogen and oxygen atoms in total. The Balaban J connectivity index is 2.44. The molecule has 0 saturated heterocycles. The van der Waals surface area contributed by atoms with Gasteiger partial charge in [0, 0.05) is 5.69 Å². The van der Waals surface area contributed by atoms with Gasteiger partial charge < -0.3 is 5.32 Å². The average Bonchev–Trinajstić information content (AvgIpc) is 2.58. The van der Waals surface area contributed by atoms with Crippen LogP contribution in [0.5, 0.6) is 0 Å². The van der Waals surface area contributed by atoms with Gasteiger partial charge in [-0.2, -0.15) is 0 Å². The van der Waals surface area contributed by atoms with Crippen molar-refractivity contribution < 1.29 is 13.2 Å². The van der Waals surface area contributed by atoms with Crippen LogP contribution in [0.2, 0.25) is 10.0 Å². The smallest absolute Gasteiger partial charge is 0.248 e. The summed E-state index contributed by atoms with van der Waals surface area (Å²) >= 11 is 12.0. The number of halogens is 2. The van der Waals surface area contributed by atoms with E-state index in [9.17, 15) is 13.2 Å². The van der Waals surface area contributed by atoms with Crippen LogP contribution in [0.4, 0.5) is 11.4 Å². The number of anilines is 2. The van der Waals surface area contributed by atoms with Crippen molar-refractivity contribution in [1.29, 1.82) is 0 Å². The molecule has 1 amide bonds. The van der Waals surface area contributed by atoms with Gasteiger partial charge in [0.05, 0.1) is 22.0 Å². The Morgan fingerprint density at radius 3 is 2.37 bits per heavy atom. The monoisotopic (exact) mass is 428 g/mol. The van der Waals surface area contributed by atoms with E-state index in [-0.39, 0.29) is 17.1 Å². The van der Waals surface area contributed by atoms with Crippen LogP contribution < -0.4 is 9.62 Å². The molecule has 0 spiro atoms. The predicted octanol–water partition coefficient (Wildman–Crippen LogP) is 4.79. The van der Waals surface area contributed by atoms with Crippen LogP contribution in [0.15, 0.2) is 36.4 Å². The number of carbonyl (C=O) groups excluding carboxylic acids is 1. The molecule has 2 aromatic carbocycles. The Labute approximate surface area is 170 Å². The molecule has 0 bridgehead atoms. The lowest BCUT2D eigenvalue weighted by Gasteiger charge is -2.30. The van der Waals surface area contributed by atoms with Crippen LogP contribution in [-0.4, -0.2) is 26.6 Å². The maximum atomic E-state index is 12.9. The van der Waals surface area contributed by atoms with Gasteiger partial charge in [-0.25, -0.2) is 8.42 Å². The highest BCUT2D eigenvalue weighted by Crippen LogP contribution is 2.30. The minimum Gasteiger partial charge on any atom is -0.324 e. The van der Waals surface area contributed by atoms with Crippen molar-refractivity contribution in [3.05, 3.63) is 57.6 Å². The molecule has 0 heterocycles. The van der Waals surface area contributed by atoms with Crippen molar-refractivity contribution in [2.75, 3.05) is 15.9 Å². The molecule has 2 rings (SSSR count). The van der Waals surface area contributed by atoms with E-state index in [4.69, 9.17) is 23.2 Å². The molecule has 0 aliphatic heterocycles. The Kier molecular flexibility index (Phi) is 6.78. The van der Waals surface area contributed by atoms with Crippen LogP contribution in [0, 0.1) is 13.8 Å². The molecule has 0 unspecified atom stereocenters. The zero-order chi connectivity index (χ0) is 20.4. The van der Waals surface area contributed by atoms with E-state index >= 15 is 0 Å². The van der Waals surface area contributed by atoms with Gasteiger partial charge in [-0.3, -0.25) is 9.10 Å². The normalized spacial score (nSPS) is 12.5. The molecule has 27 heavy (non-hydrogen) atoms. The number of sulfonamides is 1. The SMILES string of the molecule is CC[C@@H](C(=O)Nc1cccc(C)c1C)N(c1ccc(Cl)c(Cl)c1)S(C)(=O)=O. The predicted molar refractivity (Wildman–Crippen MR) is 112 cm³/mol. The number of amides is 1. The number of nitrogens with zero attached hydrogens (tertiary/aromatic N) is 1. The molecule has 0 saturated carbocycles. The Hall–Kier alpha value is -1.76. The summed E-state index contributed by atoms with van der Waals surface area (Å²) in [5.74, 6) is -0.414. The molecule has 1 N–H and O–H groups in total. The first-order chi connectivity index (χ1) is 12.6. The van der Waals surface area contributed by atoms with E-state index in [0.29, 0.717) is 10.7 Å². The molecule has 0 aromatic heterocycles. The number of nitrogens with one attached hydrogen (secondary N) is 1. The highest BCUT2D eigenvalue weighted by atomic mass is 35.5. The first-order valence-corrected chi connectivity index (χ1v) is 11.0. The maximum Gasteiger partial charge on any atom is 0.248 e. The third kappa shape index (κ3) is 4.94. The third-order valence-corrected chi connectivity index (χ3v) is 6.27. The van der Waals surface area contributed by atoms with Crippen LogP contribution in [-0.2, 0) is 14.8 Å². The van der Waals surface area contributed by atoms with E-state index in [0.717, 1.165) is 21.7 Å². The second-order valence-electron chi connectivity index (χ2n) is 6.32. The molecule has 0 fully saturated rings. The van der Waals surface area contributed by atoms with Crippen LogP contribution in [0.1, 0.15) is 24.5 Å². The van der Waals surface area contributed by atoms with E-state index in [1.54, 1.807) is 13.0 Å². The summed E-state index contributed by atoms with van der Waals surface area (Å²) < 4.78 is 26.0. The molecule has 0 aliphatic rings. The van der Waals surface area contributed by atoms with Gasteiger partial charge >= 0.3 is 0 Å². The highest BCUT2D eigenvalue weighted by Gasteiger charge is 2.32. The number of hydrogen-bond donors (Lipinski definition) is 1. The summed E-state index contributed by atoms with van der Waals surface area (Å²) in [4.78, 5) is 12.9. The van der Waals surface area contributed by atoms with Crippen molar-refractivity contribution >= 4 is 50.5 Å². The number of aryl methyl sites for hydroxylation is 1. The number of hydrogen-bond acceptors (Lipinski definition) is 3. The summed E-state index contributed by atoms with van der Waals surface area (Å²) in [5, 5.41) is 3.37. The van der Waals surface area contributed by atoms with Crippen LogP contribution in [0.25, 0.3) is 0 Å². The summed E-state index contributed by atoms with van der Waals surface area (Å²) in [6, 6.07) is 9.12. The summed E-state index contributed by atoms with van der Waals surface area (Å²) in [5.41, 5.74) is 2.90. The number of benzene rings is 2. The molecule has 146 valence electrons. The van der Waals surface area contributed by atoms with Gasteiger partial charge in [-0.1, -0.05) is 42.3 Å². The summed E-state index contributed by atoms with van der Waals surface area (Å²) in [7, 11) is -3.74. The fourth-order valence-electron chi connectivity index (χ4n) is 2.78. The quantitative estimate of drug-likeness (QED) is 0.718. The Bertz CT molecular complexity index is 961. The van der Waals surface area contributed by atoms with Crippen molar-refractivity contribution in [2.45, 2.75) is 33.2 Å². The zero-order valence-electron chi connectivity index (χ0n) is 15.6. The molecule has 2 aromatic rings. The van der Waals surface area contributed by atoms with Crippen molar-refractivity contribution in [2.24, 2.45) is 0 Å². The minimum absolute atomic E-state index is 0.215. The van der Waals surface area contributed by atoms with E-state index < -0.39 is 22.0 Å². The van der Waals surface area contributed by atoms with E-state index in [1.807, 2.05) is 26.0 Å². The Morgan fingerprint density at radius 1 is 1.15 bits per heavy atom. The number of carbonyl (C=O) groups is 1. The lowest BCUT2D eigenvalue weighted by Crippen LogP contribution is -2.47. The van der Waals surface area contributed by atoms with Gasteiger partial charge in [0.2, 0.25) is 15.9 Å². The van der Waals surface area contributed by atoms with Crippen LogP contribution in [0.3, 0.4) is 0 Å². The lowest BCUT2D eigenvalue weighted by atomic mass is 10.1. The molecular formula is C19H22Cl2N2O3S. The third-order valence-electron chi connectivity index (χ3n) is 4.35. The fourth-order valence-corrected chi connectivity index (χ4v) is 4.28. The second-order valence-corrected chi connectivity index (χ2v) is 8.99. The van der Waals surface area contributed by atoms with E-state index in [1.165, 1.54) is 18.2 Å². The fraction of sp³-hybridized carbons (Fsp3) is 0.316. The zero-order valence-corrected chi connectivity index (χ0v) is 17.9. The largest absolute Gasteiger partial charge is 0.324 e. The van der Waals surface area contributed by atoms with Crippen LogP contribution >= 0.6 is 23.2 Å². The lowest BCUT2D eigenvalue weighted by molar-refractivity contribution is -0.117. The first-order valence-electron chi connectivity index (χ1n) is 8.37. The number of rotatable bonds is 6. The average molecular weight is 429 g/mol.